The normalized spacial score (nSPS) is 17.1. The maximum atomic E-state index is 6.89. The predicted octanol–water partition coefficient (Wildman–Crippen LogP) is 13.0. The number of anilines is 2. The van der Waals surface area contributed by atoms with Crippen LogP contribution in [0.3, 0.4) is 0 Å². The topological polar surface area (TPSA) is 12.5 Å². The SMILES string of the molecule is C1=CC2Oc3cc(-c4ccccc4)c4ccccc4c3C2C(N(c2ccccc2)c2ccc(C3(c4ccccc4)c4ccccc4-c4ccccc43)cc2)=C1. The molecule has 0 N–H and O–H groups in total. The Hall–Kier alpha value is -6.90. The Balaban J connectivity index is 1.08. The number of para-hydroxylation sites is 1. The lowest BCUT2D eigenvalue weighted by atomic mass is 9.67. The molecule has 1 aliphatic heterocycles. The average molecular weight is 704 g/mol. The van der Waals surface area contributed by atoms with Gasteiger partial charge >= 0.3 is 0 Å². The Kier molecular flexibility index (Phi) is 7.25. The third-order valence-electron chi connectivity index (χ3n) is 11.9. The second-order valence-corrected chi connectivity index (χ2v) is 14.7. The van der Waals surface area contributed by atoms with Crippen molar-refractivity contribution in [2.45, 2.75) is 17.4 Å². The molecule has 1 heterocycles. The molecule has 0 fully saturated rings. The molecular formula is C53H37NO. The van der Waals surface area contributed by atoms with Gasteiger partial charge < -0.3 is 9.64 Å². The van der Waals surface area contributed by atoms with E-state index in [2.05, 4.69) is 217 Å². The van der Waals surface area contributed by atoms with Crippen molar-refractivity contribution in [1.29, 1.82) is 0 Å². The van der Waals surface area contributed by atoms with Crippen LogP contribution in [0.4, 0.5) is 11.4 Å². The molecule has 0 radical (unpaired) electrons. The highest BCUT2D eigenvalue weighted by Gasteiger charge is 2.46. The van der Waals surface area contributed by atoms with Crippen molar-refractivity contribution < 1.29 is 4.74 Å². The van der Waals surface area contributed by atoms with Gasteiger partial charge in [-0.3, -0.25) is 0 Å². The van der Waals surface area contributed by atoms with Gasteiger partial charge in [-0.25, -0.2) is 0 Å². The smallest absolute Gasteiger partial charge is 0.130 e. The van der Waals surface area contributed by atoms with E-state index < -0.39 is 5.41 Å². The first kappa shape index (κ1) is 31.6. The lowest BCUT2D eigenvalue weighted by Crippen LogP contribution is -2.30. The van der Waals surface area contributed by atoms with Crippen molar-refractivity contribution in [1.82, 2.24) is 0 Å². The number of fused-ring (bicyclic) bond motifs is 8. The molecule has 0 amide bonds. The van der Waals surface area contributed by atoms with Gasteiger partial charge in [-0.15, -0.1) is 0 Å². The summed E-state index contributed by atoms with van der Waals surface area (Å²) in [7, 11) is 0. The average Bonchev–Trinajstić information content (AvgIpc) is 3.80. The summed E-state index contributed by atoms with van der Waals surface area (Å²) < 4.78 is 6.89. The molecule has 2 atom stereocenters. The molecule has 11 rings (SSSR count). The highest BCUT2D eigenvalue weighted by Crippen LogP contribution is 2.57. The van der Waals surface area contributed by atoms with Crippen LogP contribution >= 0.6 is 0 Å². The molecule has 0 saturated heterocycles. The number of rotatable bonds is 6. The van der Waals surface area contributed by atoms with Crippen molar-refractivity contribution in [3.8, 4) is 28.0 Å². The lowest BCUT2D eigenvalue weighted by Gasteiger charge is -2.36. The summed E-state index contributed by atoms with van der Waals surface area (Å²) in [6.07, 6.45) is 6.55. The standard InChI is InChI=1S/C53H37NO/c1-4-17-36(18-5-1)45-35-50-51(44-26-11-10-23-41(44)45)52-48(29-16-30-49(52)55-50)54(39-21-8-3-9-22-39)40-33-31-38(32-34-40)53(37-19-6-2-7-20-37)46-27-14-12-24-42(46)43-25-13-15-28-47(43)53/h1-35,49,52H. The highest BCUT2D eigenvalue weighted by atomic mass is 16.5. The van der Waals surface area contributed by atoms with Gasteiger partial charge in [-0.1, -0.05) is 170 Å². The molecule has 2 unspecified atom stereocenters. The summed E-state index contributed by atoms with van der Waals surface area (Å²) in [4.78, 5) is 2.44. The molecule has 8 aromatic rings. The van der Waals surface area contributed by atoms with E-state index in [4.69, 9.17) is 4.74 Å². The van der Waals surface area contributed by atoms with Crippen LogP contribution in [0.15, 0.2) is 218 Å². The second-order valence-electron chi connectivity index (χ2n) is 14.7. The fraction of sp³-hybridized carbons (Fsp3) is 0.0566. The van der Waals surface area contributed by atoms with E-state index in [1.54, 1.807) is 0 Å². The predicted molar refractivity (Wildman–Crippen MR) is 226 cm³/mol. The molecule has 0 bridgehead atoms. The zero-order valence-corrected chi connectivity index (χ0v) is 30.2. The summed E-state index contributed by atoms with van der Waals surface area (Å²) in [5.74, 6) is 0.954. The van der Waals surface area contributed by atoms with E-state index in [1.165, 1.54) is 66.5 Å². The Morgan fingerprint density at radius 2 is 1.02 bits per heavy atom. The van der Waals surface area contributed by atoms with Crippen LogP contribution in [0.5, 0.6) is 5.75 Å². The second kappa shape index (κ2) is 12.6. The van der Waals surface area contributed by atoms with Crippen LogP contribution in [-0.4, -0.2) is 6.10 Å². The van der Waals surface area contributed by atoms with Crippen LogP contribution in [0.2, 0.25) is 0 Å². The van der Waals surface area contributed by atoms with Gasteiger partial charge in [0.25, 0.3) is 0 Å². The van der Waals surface area contributed by atoms with Crippen LogP contribution in [0.25, 0.3) is 33.0 Å². The van der Waals surface area contributed by atoms with Crippen LogP contribution < -0.4 is 9.64 Å². The van der Waals surface area contributed by atoms with Crippen LogP contribution in [0, 0.1) is 0 Å². The van der Waals surface area contributed by atoms with Gasteiger partial charge in [-0.05, 0) is 97.8 Å². The largest absolute Gasteiger partial charge is 0.485 e. The third kappa shape index (κ3) is 4.74. The Labute approximate surface area is 321 Å². The first-order valence-corrected chi connectivity index (χ1v) is 19.2. The summed E-state index contributed by atoms with van der Waals surface area (Å²) in [6.45, 7) is 0. The summed E-state index contributed by atoms with van der Waals surface area (Å²) >= 11 is 0. The first-order chi connectivity index (χ1) is 27.3. The Morgan fingerprint density at radius 1 is 0.473 bits per heavy atom. The van der Waals surface area contributed by atoms with E-state index in [1.807, 2.05) is 0 Å². The number of nitrogens with zero attached hydrogens (tertiary/aromatic N) is 1. The lowest BCUT2D eigenvalue weighted by molar-refractivity contribution is 0.264. The minimum atomic E-state index is -0.448. The van der Waals surface area contributed by atoms with Gasteiger partial charge in [0.15, 0.2) is 0 Å². The molecule has 3 aliphatic rings. The van der Waals surface area contributed by atoms with E-state index in [0.717, 1.165) is 17.1 Å². The van der Waals surface area contributed by atoms with E-state index >= 15 is 0 Å². The summed E-state index contributed by atoms with van der Waals surface area (Å²) in [5, 5.41) is 2.48. The number of hydrogen-bond donors (Lipinski definition) is 0. The minimum Gasteiger partial charge on any atom is -0.485 e. The molecule has 8 aromatic carbocycles. The van der Waals surface area contributed by atoms with E-state index in [0.29, 0.717) is 0 Å². The van der Waals surface area contributed by atoms with Gasteiger partial charge in [0.1, 0.15) is 11.9 Å². The number of allylic oxidation sites excluding steroid dienone is 2. The fourth-order valence-corrected chi connectivity index (χ4v) is 9.67. The maximum Gasteiger partial charge on any atom is 0.130 e. The van der Waals surface area contributed by atoms with E-state index in [-0.39, 0.29) is 12.0 Å². The molecule has 2 heteroatoms. The highest BCUT2D eigenvalue weighted by molar-refractivity contribution is 6.01. The van der Waals surface area contributed by atoms with Gasteiger partial charge in [-0.2, -0.15) is 0 Å². The Morgan fingerprint density at radius 3 is 1.71 bits per heavy atom. The van der Waals surface area contributed by atoms with Crippen molar-refractivity contribution in [2.24, 2.45) is 0 Å². The first-order valence-electron chi connectivity index (χ1n) is 19.2. The number of hydrogen-bond acceptors (Lipinski definition) is 2. The van der Waals surface area contributed by atoms with E-state index in [9.17, 15) is 0 Å². The molecular weight excluding hydrogens is 667 g/mol. The van der Waals surface area contributed by atoms with Crippen molar-refractivity contribution >= 4 is 22.1 Å². The van der Waals surface area contributed by atoms with Gasteiger partial charge in [0, 0.05) is 22.6 Å². The molecule has 2 aliphatic carbocycles. The third-order valence-corrected chi connectivity index (χ3v) is 11.9. The maximum absolute atomic E-state index is 6.89. The monoisotopic (exact) mass is 703 g/mol. The number of ether oxygens (including phenoxy) is 1. The minimum absolute atomic E-state index is 0.00106. The molecule has 0 aromatic heterocycles. The molecule has 55 heavy (non-hydrogen) atoms. The fourth-order valence-electron chi connectivity index (χ4n) is 9.67. The zero-order chi connectivity index (χ0) is 36.3. The van der Waals surface area contributed by atoms with Crippen molar-refractivity contribution in [3.05, 3.63) is 246 Å². The quantitative estimate of drug-likeness (QED) is 0.171. The molecule has 260 valence electrons. The van der Waals surface area contributed by atoms with Gasteiger partial charge in [0.05, 0.1) is 11.3 Å². The molecule has 0 saturated carbocycles. The zero-order valence-electron chi connectivity index (χ0n) is 30.2. The summed E-state index contributed by atoms with van der Waals surface area (Å²) in [5.41, 5.74) is 14.3. The van der Waals surface area contributed by atoms with Crippen LogP contribution in [0.1, 0.15) is 33.7 Å². The molecule has 2 nitrogen and oxygen atoms in total. The van der Waals surface area contributed by atoms with Crippen molar-refractivity contribution in [2.75, 3.05) is 4.90 Å². The van der Waals surface area contributed by atoms with Crippen LogP contribution in [-0.2, 0) is 5.41 Å². The Bertz CT molecular complexity index is 2740. The summed E-state index contributed by atoms with van der Waals surface area (Å²) in [6, 6.07) is 70.8. The van der Waals surface area contributed by atoms with Gasteiger partial charge in [0.2, 0.25) is 0 Å². The van der Waals surface area contributed by atoms with Crippen molar-refractivity contribution in [3.63, 3.8) is 0 Å². The molecule has 0 spiro atoms. The number of benzene rings is 8.